The predicted molar refractivity (Wildman–Crippen MR) is 276 cm³/mol. The minimum absolute atomic E-state index is 0.247. The van der Waals surface area contributed by atoms with Crippen LogP contribution in [0.25, 0.3) is 44.8 Å². The van der Waals surface area contributed by atoms with E-state index in [-0.39, 0.29) is 22.2 Å². The quantitative estimate of drug-likeness (QED) is 0.167. The number of benzene rings is 6. The molecule has 4 heterocycles. The fourth-order valence-corrected chi connectivity index (χ4v) is 11.3. The van der Waals surface area contributed by atoms with Gasteiger partial charge in [0.15, 0.2) is 0 Å². The zero-order valence-corrected chi connectivity index (χ0v) is 39.5. The molecule has 0 atom stereocenters. The largest absolute Gasteiger partial charge is 0.318 e. The van der Waals surface area contributed by atoms with Crippen LogP contribution in [0.3, 0.4) is 0 Å². The second-order valence-electron chi connectivity index (χ2n) is 20.7. The second-order valence-corrected chi connectivity index (χ2v) is 20.7. The minimum Gasteiger partial charge on any atom is -0.318 e. The smallest absolute Gasteiger partial charge is 0.138 e. The molecule has 6 aromatic carbocycles. The molecule has 0 radical (unpaired) electrons. The summed E-state index contributed by atoms with van der Waals surface area (Å²) < 4.78 is 0. The lowest BCUT2D eigenvalue weighted by molar-refractivity contribution is 0.338. The molecule has 6 heteroatoms. The number of pyridine rings is 2. The molecular formula is C61H54N6. The summed E-state index contributed by atoms with van der Waals surface area (Å²) in [6.45, 7) is 18.0. The lowest BCUT2D eigenvalue weighted by Crippen LogP contribution is -2.53. The van der Waals surface area contributed by atoms with Crippen LogP contribution in [-0.2, 0) is 5.41 Å². The highest BCUT2D eigenvalue weighted by Crippen LogP contribution is 2.63. The van der Waals surface area contributed by atoms with Gasteiger partial charge < -0.3 is 9.80 Å². The maximum atomic E-state index is 5.33. The van der Waals surface area contributed by atoms with Crippen LogP contribution in [0.1, 0.15) is 88.8 Å². The summed E-state index contributed by atoms with van der Waals surface area (Å²) in [6.07, 6.45) is 4.01. The summed E-state index contributed by atoms with van der Waals surface area (Å²) in [4.78, 5) is 25.8. The van der Waals surface area contributed by atoms with Gasteiger partial charge in [0.05, 0.1) is 39.0 Å². The molecule has 12 rings (SSSR count). The molecule has 0 amide bonds. The van der Waals surface area contributed by atoms with E-state index in [1.54, 1.807) is 0 Å². The normalized spacial score (nSPS) is 18.3. The van der Waals surface area contributed by atoms with Crippen LogP contribution < -0.4 is 9.80 Å². The van der Waals surface area contributed by atoms with E-state index in [9.17, 15) is 0 Å². The number of nitrogens with zero attached hydrogens (tertiary/aromatic N) is 6. The number of amidine groups is 2. The van der Waals surface area contributed by atoms with Crippen LogP contribution in [0, 0.1) is 0 Å². The molecular weight excluding hydrogens is 817 g/mol. The number of fused-ring (bicyclic) bond motifs is 10. The maximum absolute atomic E-state index is 5.33. The Labute approximate surface area is 394 Å². The number of para-hydroxylation sites is 2. The average Bonchev–Trinajstić information content (AvgIpc) is 3.94. The fourth-order valence-electron chi connectivity index (χ4n) is 11.3. The maximum Gasteiger partial charge on any atom is 0.138 e. The molecule has 8 aromatic rings. The molecule has 67 heavy (non-hydrogen) atoms. The number of rotatable bonds is 6. The first-order valence-electron chi connectivity index (χ1n) is 23.6. The van der Waals surface area contributed by atoms with Crippen LogP contribution in [0.4, 0.5) is 11.4 Å². The fraction of sp³-hybridized carbons (Fsp3) is 0.213. The Bertz CT molecular complexity index is 3120. The third-order valence-corrected chi connectivity index (χ3v) is 16.1. The highest BCUT2D eigenvalue weighted by Gasteiger charge is 2.53. The van der Waals surface area contributed by atoms with Crippen molar-refractivity contribution < 1.29 is 0 Å². The van der Waals surface area contributed by atoms with Gasteiger partial charge in [-0.1, -0.05) is 109 Å². The summed E-state index contributed by atoms with van der Waals surface area (Å²) in [5, 5.41) is 0. The topological polar surface area (TPSA) is 57.0 Å². The predicted octanol–water partition coefficient (Wildman–Crippen LogP) is 13.8. The van der Waals surface area contributed by atoms with Crippen molar-refractivity contribution in [1.82, 2.24) is 9.97 Å². The van der Waals surface area contributed by atoms with Crippen molar-refractivity contribution in [3.05, 3.63) is 216 Å². The Morgan fingerprint density at radius 3 is 1.09 bits per heavy atom. The van der Waals surface area contributed by atoms with E-state index in [1.807, 2.05) is 12.4 Å². The average molecular weight is 871 g/mol. The third kappa shape index (κ3) is 5.75. The first-order chi connectivity index (χ1) is 32.2. The van der Waals surface area contributed by atoms with Gasteiger partial charge in [0.25, 0.3) is 0 Å². The molecule has 2 aliphatic heterocycles. The van der Waals surface area contributed by atoms with Gasteiger partial charge in [-0.05, 0) is 161 Å². The Morgan fingerprint density at radius 2 is 0.701 bits per heavy atom. The first kappa shape index (κ1) is 41.0. The van der Waals surface area contributed by atoms with Gasteiger partial charge in [-0.15, -0.1) is 0 Å². The van der Waals surface area contributed by atoms with Crippen LogP contribution >= 0.6 is 0 Å². The van der Waals surface area contributed by atoms with E-state index in [0.717, 1.165) is 56.7 Å². The minimum atomic E-state index is -0.540. The monoisotopic (exact) mass is 870 g/mol. The lowest BCUT2D eigenvalue weighted by Gasteiger charge is -2.41. The molecule has 0 saturated carbocycles. The van der Waals surface area contributed by atoms with E-state index in [2.05, 4.69) is 235 Å². The Kier molecular flexibility index (Phi) is 8.74. The standard InChI is InChI=1S/C61H54N6/c1-57(2)59(5,6)66(43-19-11-9-12-20-43)55(64-57)41-29-33-53(62-37-41)39-27-31-47-48-32-28-40(36-52(48)61(51(47)35-39)49-25-17-15-23-45(49)46-24-16-18-26-50(46)61)54-34-30-42(38-63-54)56-65-58(3,4)60(7,8)67(56)44-21-13-10-14-22-44/h9-38H,1-8H3. The van der Waals surface area contributed by atoms with Crippen molar-refractivity contribution >= 4 is 23.0 Å². The van der Waals surface area contributed by atoms with Crippen molar-refractivity contribution in [2.75, 3.05) is 9.80 Å². The Morgan fingerprint density at radius 1 is 0.343 bits per heavy atom. The highest BCUT2D eigenvalue weighted by atomic mass is 15.3. The van der Waals surface area contributed by atoms with Crippen LogP contribution in [0.5, 0.6) is 0 Å². The van der Waals surface area contributed by atoms with Crippen molar-refractivity contribution in [2.45, 2.75) is 83.0 Å². The number of anilines is 2. The van der Waals surface area contributed by atoms with Crippen LogP contribution in [-0.4, -0.2) is 43.8 Å². The molecule has 0 saturated heterocycles. The van der Waals surface area contributed by atoms with E-state index in [4.69, 9.17) is 20.0 Å². The van der Waals surface area contributed by atoms with Gasteiger partial charge in [-0.2, -0.15) is 0 Å². The van der Waals surface area contributed by atoms with Gasteiger partial charge in [-0.3, -0.25) is 20.0 Å². The van der Waals surface area contributed by atoms with E-state index in [1.165, 1.54) is 44.5 Å². The zero-order valence-electron chi connectivity index (χ0n) is 39.5. The molecule has 0 fully saturated rings. The summed E-state index contributed by atoms with van der Waals surface area (Å²) in [5.41, 5.74) is 16.8. The SMILES string of the molecule is CC1(C)N=C(c2ccc(-c3ccc4c(c3)C3(c5ccccc5-c5ccccc53)c3cc(-c5ccc(C6=NC(C)(C)C(C)(C)N6c6ccccc6)cn5)ccc3-4)nc2)N(c2ccccc2)C1(C)C. The summed E-state index contributed by atoms with van der Waals surface area (Å²) in [7, 11) is 0. The highest BCUT2D eigenvalue weighted by molar-refractivity contribution is 6.14. The molecule has 4 aliphatic rings. The summed E-state index contributed by atoms with van der Waals surface area (Å²) in [6, 6.07) is 61.8. The molecule has 328 valence electrons. The van der Waals surface area contributed by atoms with Gasteiger partial charge >= 0.3 is 0 Å². The van der Waals surface area contributed by atoms with Crippen molar-refractivity contribution in [3.8, 4) is 44.8 Å². The Hall–Kier alpha value is -7.44. The van der Waals surface area contributed by atoms with Crippen LogP contribution in [0.2, 0.25) is 0 Å². The lowest BCUT2D eigenvalue weighted by atomic mass is 9.70. The molecule has 0 unspecified atom stereocenters. The van der Waals surface area contributed by atoms with E-state index in [0.29, 0.717) is 0 Å². The van der Waals surface area contributed by atoms with E-state index < -0.39 is 5.41 Å². The van der Waals surface area contributed by atoms with E-state index >= 15 is 0 Å². The summed E-state index contributed by atoms with van der Waals surface area (Å²) >= 11 is 0. The molecule has 2 aliphatic carbocycles. The summed E-state index contributed by atoms with van der Waals surface area (Å²) in [5.74, 6) is 1.88. The molecule has 0 bridgehead atoms. The molecule has 0 N–H and O–H groups in total. The van der Waals surface area contributed by atoms with Gasteiger partial charge in [-0.25, -0.2) is 0 Å². The number of hydrogen-bond acceptors (Lipinski definition) is 6. The first-order valence-corrected chi connectivity index (χ1v) is 23.6. The van der Waals surface area contributed by atoms with Crippen molar-refractivity contribution in [1.29, 1.82) is 0 Å². The number of aromatic nitrogens is 2. The van der Waals surface area contributed by atoms with Crippen LogP contribution in [0.15, 0.2) is 192 Å². The molecule has 2 aromatic heterocycles. The third-order valence-electron chi connectivity index (χ3n) is 16.1. The molecule has 1 spiro atoms. The van der Waals surface area contributed by atoms with Crippen molar-refractivity contribution in [3.63, 3.8) is 0 Å². The van der Waals surface area contributed by atoms with Gasteiger partial charge in [0.1, 0.15) is 11.7 Å². The van der Waals surface area contributed by atoms with Crippen molar-refractivity contribution in [2.24, 2.45) is 9.98 Å². The molecule has 6 nitrogen and oxygen atoms in total. The second kappa shape index (κ2) is 14.3. The zero-order chi connectivity index (χ0) is 46.1. The number of aliphatic imine (C=N–C) groups is 2. The number of hydrogen-bond donors (Lipinski definition) is 0. The Balaban J connectivity index is 0.957. The van der Waals surface area contributed by atoms with Gasteiger partial charge in [0.2, 0.25) is 0 Å². The van der Waals surface area contributed by atoms with Gasteiger partial charge in [0, 0.05) is 46.0 Å².